The Hall–Kier alpha value is -0.0800. The van der Waals surface area contributed by atoms with Crippen molar-refractivity contribution in [2.24, 2.45) is 5.41 Å². The first kappa shape index (κ1) is 11.0. The summed E-state index contributed by atoms with van der Waals surface area (Å²) in [5.41, 5.74) is 1.25. The molecule has 1 nitrogen and oxygen atoms in total. The maximum atomic E-state index is 6.27. The SMILES string of the molecule is Cc1csc(CC(Cl)C(C)(C)C)n1. The topological polar surface area (TPSA) is 12.9 Å². The molecule has 0 amide bonds. The molecule has 0 aliphatic carbocycles. The van der Waals surface area contributed by atoms with E-state index in [1.165, 1.54) is 0 Å². The van der Waals surface area contributed by atoms with Crippen LogP contribution in [0.4, 0.5) is 0 Å². The Morgan fingerprint density at radius 3 is 2.54 bits per heavy atom. The molecule has 13 heavy (non-hydrogen) atoms. The van der Waals surface area contributed by atoms with E-state index in [1.54, 1.807) is 11.3 Å². The first-order valence-electron chi connectivity index (χ1n) is 4.44. The van der Waals surface area contributed by atoms with Crippen LogP contribution in [0.1, 0.15) is 31.5 Å². The zero-order valence-electron chi connectivity index (χ0n) is 8.60. The Balaban J connectivity index is 2.60. The number of aryl methyl sites for hydroxylation is 1. The first-order chi connectivity index (χ1) is 5.89. The van der Waals surface area contributed by atoms with Crippen LogP contribution in [-0.2, 0) is 6.42 Å². The van der Waals surface area contributed by atoms with Gasteiger partial charge in [0.1, 0.15) is 0 Å². The van der Waals surface area contributed by atoms with Crippen LogP contribution in [0.2, 0.25) is 0 Å². The van der Waals surface area contributed by atoms with Crippen molar-refractivity contribution in [3.05, 3.63) is 16.1 Å². The van der Waals surface area contributed by atoms with E-state index in [1.807, 2.05) is 6.92 Å². The van der Waals surface area contributed by atoms with Gasteiger partial charge in [-0.25, -0.2) is 4.98 Å². The van der Waals surface area contributed by atoms with Crippen LogP contribution in [0.15, 0.2) is 5.38 Å². The second-order valence-corrected chi connectivity index (χ2v) is 5.89. The van der Waals surface area contributed by atoms with Crippen LogP contribution in [0, 0.1) is 12.3 Å². The number of aromatic nitrogens is 1. The fourth-order valence-corrected chi connectivity index (χ4v) is 2.01. The maximum Gasteiger partial charge on any atom is 0.0943 e. The van der Waals surface area contributed by atoms with Crippen LogP contribution < -0.4 is 0 Å². The summed E-state index contributed by atoms with van der Waals surface area (Å²) in [7, 11) is 0. The standard InChI is InChI=1S/C10H16ClNS/c1-7-6-13-9(12-7)5-8(11)10(2,3)4/h6,8H,5H2,1-4H3. The Kier molecular flexibility index (Phi) is 3.36. The van der Waals surface area contributed by atoms with Gasteiger partial charge in [-0.15, -0.1) is 22.9 Å². The van der Waals surface area contributed by atoms with E-state index in [0.717, 1.165) is 17.1 Å². The summed E-state index contributed by atoms with van der Waals surface area (Å²) >= 11 is 7.97. The number of alkyl halides is 1. The molecule has 0 aliphatic heterocycles. The van der Waals surface area contributed by atoms with Gasteiger partial charge in [-0.2, -0.15) is 0 Å². The number of rotatable bonds is 2. The minimum absolute atomic E-state index is 0.154. The molecule has 0 aliphatic rings. The summed E-state index contributed by atoms with van der Waals surface area (Å²) in [5.74, 6) is 0. The van der Waals surface area contributed by atoms with Gasteiger partial charge in [0.05, 0.1) is 5.01 Å². The predicted molar refractivity (Wildman–Crippen MR) is 59.7 cm³/mol. The van der Waals surface area contributed by atoms with Gasteiger partial charge in [-0.1, -0.05) is 20.8 Å². The minimum atomic E-state index is 0.154. The van der Waals surface area contributed by atoms with Gasteiger partial charge < -0.3 is 0 Å². The monoisotopic (exact) mass is 217 g/mol. The molecule has 0 N–H and O–H groups in total. The molecule has 1 heterocycles. The van der Waals surface area contributed by atoms with Crippen LogP contribution in [0.5, 0.6) is 0 Å². The largest absolute Gasteiger partial charge is 0.247 e. The van der Waals surface area contributed by atoms with Gasteiger partial charge in [0.15, 0.2) is 0 Å². The van der Waals surface area contributed by atoms with Gasteiger partial charge in [0.2, 0.25) is 0 Å². The highest BCUT2D eigenvalue weighted by Gasteiger charge is 2.23. The fourth-order valence-electron chi connectivity index (χ4n) is 0.956. The summed E-state index contributed by atoms with van der Waals surface area (Å²) in [6.45, 7) is 8.49. The van der Waals surface area contributed by atoms with Crippen LogP contribution in [0.3, 0.4) is 0 Å². The van der Waals surface area contributed by atoms with Crippen molar-refractivity contribution in [2.45, 2.75) is 39.5 Å². The third-order valence-electron chi connectivity index (χ3n) is 1.96. The molecule has 3 heteroatoms. The van der Waals surface area contributed by atoms with Gasteiger partial charge in [-0.3, -0.25) is 0 Å². The Bertz CT molecular complexity index is 275. The Morgan fingerprint density at radius 1 is 1.54 bits per heavy atom. The van der Waals surface area contributed by atoms with E-state index in [2.05, 4.69) is 31.1 Å². The van der Waals surface area contributed by atoms with E-state index < -0.39 is 0 Å². The third kappa shape index (κ3) is 3.28. The number of hydrogen-bond acceptors (Lipinski definition) is 2. The second-order valence-electron chi connectivity index (χ2n) is 4.42. The summed E-state index contributed by atoms with van der Waals surface area (Å²) in [6.07, 6.45) is 0.879. The lowest BCUT2D eigenvalue weighted by Gasteiger charge is -2.24. The number of hydrogen-bond donors (Lipinski definition) is 0. The third-order valence-corrected chi connectivity index (χ3v) is 3.76. The summed E-state index contributed by atoms with van der Waals surface area (Å²) in [4.78, 5) is 4.40. The van der Waals surface area contributed by atoms with Crippen LogP contribution in [0.25, 0.3) is 0 Å². The lowest BCUT2D eigenvalue weighted by atomic mass is 9.90. The molecule has 1 aromatic heterocycles. The highest BCUT2D eigenvalue weighted by atomic mass is 35.5. The van der Waals surface area contributed by atoms with Crippen molar-refractivity contribution >= 4 is 22.9 Å². The van der Waals surface area contributed by atoms with Crippen molar-refractivity contribution in [1.82, 2.24) is 4.98 Å². The molecule has 74 valence electrons. The van der Waals surface area contributed by atoms with E-state index in [0.29, 0.717) is 0 Å². The lowest BCUT2D eigenvalue weighted by molar-refractivity contribution is 0.386. The van der Waals surface area contributed by atoms with Crippen LogP contribution in [-0.4, -0.2) is 10.4 Å². The molecule has 0 saturated carbocycles. The molecule has 0 bridgehead atoms. The fraction of sp³-hybridized carbons (Fsp3) is 0.700. The van der Waals surface area contributed by atoms with Gasteiger partial charge in [-0.05, 0) is 12.3 Å². The normalized spacial score (nSPS) is 14.5. The Morgan fingerprint density at radius 2 is 2.15 bits per heavy atom. The van der Waals surface area contributed by atoms with E-state index in [-0.39, 0.29) is 10.8 Å². The smallest absolute Gasteiger partial charge is 0.0943 e. The van der Waals surface area contributed by atoms with Gasteiger partial charge >= 0.3 is 0 Å². The molecule has 0 spiro atoms. The van der Waals surface area contributed by atoms with E-state index in [4.69, 9.17) is 11.6 Å². The van der Waals surface area contributed by atoms with Crippen molar-refractivity contribution in [3.8, 4) is 0 Å². The lowest BCUT2D eigenvalue weighted by Crippen LogP contribution is -2.22. The van der Waals surface area contributed by atoms with Crippen molar-refractivity contribution < 1.29 is 0 Å². The highest BCUT2D eigenvalue weighted by molar-refractivity contribution is 7.09. The van der Waals surface area contributed by atoms with Gasteiger partial charge in [0, 0.05) is 22.9 Å². The molecule has 0 radical (unpaired) electrons. The Labute approximate surface area is 89.1 Å². The average molecular weight is 218 g/mol. The number of thiazole rings is 1. The molecule has 0 aromatic carbocycles. The van der Waals surface area contributed by atoms with E-state index in [9.17, 15) is 0 Å². The molecule has 1 unspecified atom stereocenters. The maximum absolute atomic E-state index is 6.27. The van der Waals surface area contributed by atoms with Gasteiger partial charge in [0.25, 0.3) is 0 Å². The van der Waals surface area contributed by atoms with Crippen molar-refractivity contribution in [2.75, 3.05) is 0 Å². The quantitative estimate of drug-likeness (QED) is 0.690. The summed E-state index contributed by atoms with van der Waals surface area (Å²) in [5, 5.41) is 3.38. The van der Waals surface area contributed by atoms with E-state index >= 15 is 0 Å². The first-order valence-corrected chi connectivity index (χ1v) is 5.76. The number of halogens is 1. The molecular weight excluding hydrogens is 202 g/mol. The zero-order valence-corrected chi connectivity index (χ0v) is 10.2. The van der Waals surface area contributed by atoms with Crippen LogP contribution >= 0.6 is 22.9 Å². The molecule has 0 saturated heterocycles. The minimum Gasteiger partial charge on any atom is -0.247 e. The molecular formula is C10H16ClNS. The highest BCUT2D eigenvalue weighted by Crippen LogP contribution is 2.28. The van der Waals surface area contributed by atoms with Crippen molar-refractivity contribution in [3.63, 3.8) is 0 Å². The second kappa shape index (κ2) is 3.97. The summed E-state index contributed by atoms with van der Waals surface area (Å²) < 4.78 is 0. The predicted octanol–water partition coefficient (Wildman–Crippen LogP) is 3.65. The zero-order chi connectivity index (χ0) is 10.1. The summed E-state index contributed by atoms with van der Waals surface area (Å²) in [6, 6.07) is 0. The van der Waals surface area contributed by atoms with Crippen molar-refractivity contribution in [1.29, 1.82) is 0 Å². The average Bonchev–Trinajstić information content (AvgIpc) is 2.33. The molecule has 1 aromatic rings. The molecule has 1 rings (SSSR count). The molecule has 0 fully saturated rings. The molecule has 1 atom stereocenters. The number of nitrogens with zero attached hydrogens (tertiary/aromatic N) is 1.